The minimum atomic E-state index is -0.622. The van der Waals surface area contributed by atoms with E-state index in [2.05, 4.69) is 0 Å². The fraction of sp³-hybridized carbons (Fsp3) is 0.833. The minimum Gasteiger partial charge on any atom is -0.444 e. The summed E-state index contributed by atoms with van der Waals surface area (Å²) in [5.74, 6) is -0.152. The Bertz CT molecular complexity index is 325. The van der Waals surface area contributed by atoms with E-state index >= 15 is 0 Å². The normalized spacial score (nSPS) is 21.2. The van der Waals surface area contributed by atoms with Gasteiger partial charge in [-0.1, -0.05) is 0 Å². The summed E-state index contributed by atoms with van der Waals surface area (Å²) in [5.41, 5.74) is -0.590. The molecule has 0 aromatic carbocycles. The standard InChI is InChI=1S/C12H22N2O4/c1-12(2,3)18-11(17)14-7-6-13(4)10(16)9(14)5-8-15/h9,15H,5-8H2,1-4H3. The Morgan fingerprint density at radius 2 is 2.06 bits per heavy atom. The molecule has 6 nitrogen and oxygen atoms in total. The molecule has 0 aromatic heterocycles. The molecule has 0 aromatic rings. The summed E-state index contributed by atoms with van der Waals surface area (Å²) in [6.07, 6.45) is -0.259. The number of carbonyl (C=O) groups excluding carboxylic acids is 2. The fourth-order valence-corrected chi connectivity index (χ4v) is 1.85. The first-order valence-electron chi connectivity index (χ1n) is 6.11. The Labute approximate surface area is 107 Å². The van der Waals surface area contributed by atoms with Gasteiger partial charge in [-0.15, -0.1) is 0 Å². The third-order valence-electron chi connectivity index (χ3n) is 2.74. The lowest BCUT2D eigenvalue weighted by atomic mass is 10.1. The molecule has 104 valence electrons. The quantitative estimate of drug-likeness (QED) is 0.780. The molecule has 1 aliphatic rings. The summed E-state index contributed by atoms with van der Waals surface area (Å²) >= 11 is 0. The number of hydrogen-bond acceptors (Lipinski definition) is 4. The fourth-order valence-electron chi connectivity index (χ4n) is 1.85. The summed E-state index contributed by atoms with van der Waals surface area (Å²) in [5, 5.41) is 9.01. The molecule has 0 bridgehead atoms. The summed E-state index contributed by atoms with van der Waals surface area (Å²) in [6, 6.07) is -0.622. The lowest BCUT2D eigenvalue weighted by molar-refractivity contribution is -0.140. The molecule has 1 N–H and O–H groups in total. The van der Waals surface area contributed by atoms with Gasteiger partial charge < -0.3 is 14.7 Å². The van der Waals surface area contributed by atoms with Crippen LogP contribution in [0.15, 0.2) is 0 Å². The van der Waals surface area contributed by atoms with Crippen LogP contribution in [0.3, 0.4) is 0 Å². The van der Waals surface area contributed by atoms with Crippen LogP contribution in [0, 0.1) is 0 Å². The highest BCUT2D eigenvalue weighted by atomic mass is 16.6. The van der Waals surface area contributed by atoms with Gasteiger partial charge in [-0.05, 0) is 20.8 Å². The van der Waals surface area contributed by atoms with Crippen molar-refractivity contribution < 1.29 is 19.4 Å². The number of rotatable bonds is 2. The number of aliphatic hydroxyl groups excluding tert-OH is 1. The Morgan fingerprint density at radius 3 is 2.56 bits per heavy atom. The second kappa shape index (κ2) is 5.56. The summed E-state index contributed by atoms with van der Waals surface area (Å²) in [7, 11) is 1.69. The molecule has 2 amide bonds. The largest absolute Gasteiger partial charge is 0.444 e. The topological polar surface area (TPSA) is 70.1 Å². The molecule has 6 heteroatoms. The molecule has 1 unspecified atom stereocenters. The molecule has 1 fully saturated rings. The number of likely N-dealkylation sites (N-methyl/N-ethyl adjacent to an activating group) is 1. The predicted octanol–water partition coefficient (Wildman–Crippen LogP) is 0.446. The van der Waals surface area contributed by atoms with Crippen molar-refractivity contribution in [1.29, 1.82) is 0 Å². The maximum Gasteiger partial charge on any atom is 0.411 e. The van der Waals surface area contributed by atoms with Crippen LogP contribution < -0.4 is 0 Å². The first-order chi connectivity index (χ1) is 8.26. The monoisotopic (exact) mass is 258 g/mol. The first-order valence-corrected chi connectivity index (χ1v) is 6.11. The van der Waals surface area contributed by atoms with E-state index in [1.165, 1.54) is 4.90 Å². The van der Waals surface area contributed by atoms with Crippen molar-refractivity contribution in [1.82, 2.24) is 9.80 Å². The molecule has 1 rings (SSSR count). The number of ether oxygens (including phenoxy) is 1. The van der Waals surface area contributed by atoms with Gasteiger partial charge >= 0.3 is 6.09 Å². The van der Waals surface area contributed by atoms with Gasteiger partial charge in [0.2, 0.25) is 5.91 Å². The molecule has 1 aliphatic heterocycles. The van der Waals surface area contributed by atoms with Gasteiger partial charge in [-0.2, -0.15) is 0 Å². The van der Waals surface area contributed by atoms with E-state index in [9.17, 15) is 9.59 Å². The predicted molar refractivity (Wildman–Crippen MR) is 66.1 cm³/mol. The molecule has 0 spiro atoms. The van der Waals surface area contributed by atoms with Crippen LogP contribution in [-0.4, -0.2) is 65.3 Å². The van der Waals surface area contributed by atoms with Crippen LogP contribution in [0.5, 0.6) is 0 Å². The Kier molecular flexibility index (Phi) is 4.56. The molecular weight excluding hydrogens is 236 g/mol. The van der Waals surface area contributed by atoms with Gasteiger partial charge in [0.15, 0.2) is 0 Å². The minimum absolute atomic E-state index is 0.135. The number of hydrogen-bond donors (Lipinski definition) is 1. The van der Waals surface area contributed by atoms with Crippen molar-refractivity contribution in [3.05, 3.63) is 0 Å². The van der Waals surface area contributed by atoms with Gasteiger partial charge in [0.25, 0.3) is 0 Å². The van der Waals surface area contributed by atoms with Crippen molar-refractivity contribution in [3.63, 3.8) is 0 Å². The average molecular weight is 258 g/mol. The summed E-state index contributed by atoms with van der Waals surface area (Å²) in [4.78, 5) is 26.9. The van der Waals surface area contributed by atoms with E-state index in [0.717, 1.165) is 0 Å². The third kappa shape index (κ3) is 3.60. The number of piperazine rings is 1. The van der Waals surface area contributed by atoms with Crippen molar-refractivity contribution in [3.8, 4) is 0 Å². The van der Waals surface area contributed by atoms with Crippen LogP contribution in [-0.2, 0) is 9.53 Å². The van der Waals surface area contributed by atoms with Crippen LogP contribution in [0.1, 0.15) is 27.2 Å². The number of carbonyl (C=O) groups is 2. The highest BCUT2D eigenvalue weighted by Gasteiger charge is 2.37. The highest BCUT2D eigenvalue weighted by Crippen LogP contribution is 2.17. The van der Waals surface area contributed by atoms with Crippen LogP contribution in [0.2, 0.25) is 0 Å². The van der Waals surface area contributed by atoms with E-state index in [1.54, 1.807) is 32.7 Å². The lowest BCUT2D eigenvalue weighted by Crippen LogP contribution is -2.58. The van der Waals surface area contributed by atoms with Gasteiger partial charge in [0.1, 0.15) is 11.6 Å². The molecule has 18 heavy (non-hydrogen) atoms. The number of amides is 2. The average Bonchev–Trinajstić information content (AvgIpc) is 2.22. The van der Waals surface area contributed by atoms with Gasteiger partial charge in [-0.3, -0.25) is 9.69 Å². The van der Waals surface area contributed by atoms with E-state index < -0.39 is 17.7 Å². The van der Waals surface area contributed by atoms with Crippen molar-refractivity contribution in [2.24, 2.45) is 0 Å². The van der Waals surface area contributed by atoms with Crippen LogP contribution >= 0.6 is 0 Å². The maximum atomic E-state index is 12.0. The second-order valence-corrected chi connectivity index (χ2v) is 5.46. The summed E-state index contributed by atoms with van der Waals surface area (Å²) in [6.45, 7) is 6.13. The van der Waals surface area contributed by atoms with Gasteiger partial charge in [0.05, 0.1) is 0 Å². The van der Waals surface area contributed by atoms with E-state index in [-0.39, 0.29) is 18.9 Å². The second-order valence-electron chi connectivity index (χ2n) is 5.46. The van der Waals surface area contributed by atoms with Gasteiger partial charge in [0, 0.05) is 33.2 Å². The third-order valence-corrected chi connectivity index (χ3v) is 2.74. The van der Waals surface area contributed by atoms with E-state index in [4.69, 9.17) is 9.84 Å². The Balaban J connectivity index is 2.78. The smallest absolute Gasteiger partial charge is 0.411 e. The lowest BCUT2D eigenvalue weighted by Gasteiger charge is -2.39. The zero-order valence-electron chi connectivity index (χ0n) is 11.5. The van der Waals surface area contributed by atoms with Crippen molar-refractivity contribution in [2.75, 3.05) is 26.7 Å². The molecule has 1 atom stereocenters. The molecule has 1 saturated heterocycles. The molecule has 0 aliphatic carbocycles. The first kappa shape index (κ1) is 14.8. The Morgan fingerprint density at radius 1 is 1.44 bits per heavy atom. The maximum absolute atomic E-state index is 12.0. The number of nitrogens with zero attached hydrogens (tertiary/aromatic N) is 2. The molecule has 1 heterocycles. The molecular formula is C12H22N2O4. The molecule has 0 radical (unpaired) electrons. The zero-order valence-corrected chi connectivity index (χ0v) is 11.5. The highest BCUT2D eigenvalue weighted by molar-refractivity contribution is 5.86. The Hall–Kier alpha value is -1.30. The van der Waals surface area contributed by atoms with E-state index in [0.29, 0.717) is 13.1 Å². The van der Waals surface area contributed by atoms with Crippen LogP contribution in [0.4, 0.5) is 4.79 Å². The van der Waals surface area contributed by atoms with Crippen molar-refractivity contribution in [2.45, 2.75) is 38.8 Å². The SMILES string of the molecule is CN1CCN(C(=O)OC(C)(C)C)C(CCO)C1=O. The van der Waals surface area contributed by atoms with Crippen molar-refractivity contribution >= 4 is 12.0 Å². The van der Waals surface area contributed by atoms with Crippen LogP contribution in [0.25, 0.3) is 0 Å². The summed E-state index contributed by atoms with van der Waals surface area (Å²) < 4.78 is 5.27. The zero-order chi connectivity index (χ0) is 13.9. The van der Waals surface area contributed by atoms with E-state index in [1.807, 2.05) is 0 Å². The molecule has 0 saturated carbocycles. The number of aliphatic hydroxyl groups is 1. The van der Waals surface area contributed by atoms with Gasteiger partial charge in [-0.25, -0.2) is 4.79 Å².